The van der Waals surface area contributed by atoms with Crippen LogP contribution in [0.5, 0.6) is 0 Å². The number of aromatic nitrogens is 2. The highest BCUT2D eigenvalue weighted by molar-refractivity contribution is 5.66. The number of H-pyrrole nitrogens is 1. The Morgan fingerprint density at radius 1 is 1.38 bits per heavy atom. The molecule has 1 heterocycles. The molecule has 0 fully saturated rings. The fourth-order valence-corrected chi connectivity index (χ4v) is 1.95. The van der Waals surface area contributed by atoms with Crippen molar-refractivity contribution in [2.75, 3.05) is 0 Å². The van der Waals surface area contributed by atoms with Crippen molar-refractivity contribution in [1.29, 1.82) is 0 Å². The molecule has 1 aliphatic carbocycles. The van der Waals surface area contributed by atoms with Crippen LogP contribution in [0.25, 0.3) is 0 Å². The largest absolute Gasteiger partial charge is 0.481 e. The molecule has 0 radical (unpaired) electrons. The van der Waals surface area contributed by atoms with Crippen molar-refractivity contribution in [3.05, 3.63) is 29.4 Å². The second-order valence-electron chi connectivity index (χ2n) is 4.05. The highest BCUT2D eigenvalue weighted by Crippen LogP contribution is 2.15. The number of aryl methyl sites for hydroxylation is 3. The van der Waals surface area contributed by atoms with Crippen LogP contribution in [-0.2, 0) is 24.1 Å². The molecule has 0 saturated heterocycles. The summed E-state index contributed by atoms with van der Waals surface area (Å²) in [7, 11) is 0. The van der Waals surface area contributed by atoms with Crippen molar-refractivity contribution in [2.45, 2.75) is 38.5 Å². The average Bonchev–Trinajstić information content (AvgIpc) is 2.57. The number of imidazole rings is 1. The summed E-state index contributed by atoms with van der Waals surface area (Å²) in [5, 5.41) is 8.62. The Hall–Kier alpha value is -1.58. The molecule has 0 spiro atoms. The summed E-state index contributed by atoms with van der Waals surface area (Å²) in [6, 6.07) is 0. The molecule has 0 aromatic carbocycles. The molecule has 16 heavy (non-hydrogen) atoms. The Kier molecular flexibility index (Phi) is 3.39. The summed E-state index contributed by atoms with van der Waals surface area (Å²) >= 11 is 0. The number of nitrogens with one attached hydrogen (secondary N) is 1. The van der Waals surface area contributed by atoms with Crippen molar-refractivity contribution in [2.24, 2.45) is 0 Å². The number of carboxylic acid groups (broad SMARTS) is 1. The van der Waals surface area contributed by atoms with Crippen LogP contribution in [0.3, 0.4) is 0 Å². The molecule has 1 aliphatic rings. The second-order valence-corrected chi connectivity index (χ2v) is 4.05. The van der Waals surface area contributed by atoms with E-state index in [1.54, 1.807) is 0 Å². The van der Waals surface area contributed by atoms with Crippen molar-refractivity contribution >= 4 is 5.97 Å². The van der Waals surface area contributed by atoms with Gasteiger partial charge in [0, 0.05) is 12.1 Å². The van der Waals surface area contributed by atoms with Crippen LogP contribution in [0.15, 0.2) is 12.2 Å². The SMILES string of the molecule is O=C(O)CCc1nc2c([nH]1)CC/C=C\CC2. The monoisotopic (exact) mass is 220 g/mol. The molecule has 0 atom stereocenters. The summed E-state index contributed by atoms with van der Waals surface area (Å²) in [4.78, 5) is 18.2. The Labute approximate surface area is 94.4 Å². The first kappa shape index (κ1) is 10.9. The van der Waals surface area contributed by atoms with E-state index in [1.807, 2.05) is 0 Å². The van der Waals surface area contributed by atoms with Gasteiger partial charge >= 0.3 is 5.97 Å². The molecule has 0 unspecified atom stereocenters. The first-order chi connectivity index (χ1) is 7.75. The van der Waals surface area contributed by atoms with E-state index in [0.717, 1.165) is 37.2 Å². The molecule has 2 N–H and O–H groups in total. The van der Waals surface area contributed by atoms with E-state index in [9.17, 15) is 4.79 Å². The van der Waals surface area contributed by atoms with Gasteiger partial charge in [0.05, 0.1) is 12.1 Å². The van der Waals surface area contributed by atoms with Crippen LogP contribution in [0.4, 0.5) is 0 Å². The quantitative estimate of drug-likeness (QED) is 0.764. The molecule has 2 rings (SSSR count). The Balaban J connectivity index is 2.06. The van der Waals surface area contributed by atoms with Gasteiger partial charge in [0.25, 0.3) is 0 Å². The molecular formula is C12H16N2O2. The van der Waals surface area contributed by atoms with Crippen molar-refractivity contribution in [3.8, 4) is 0 Å². The number of carboxylic acids is 1. The standard InChI is InChI=1S/C12H16N2O2/c15-12(16)8-7-11-13-9-5-3-1-2-4-6-10(9)14-11/h1-2H,3-8H2,(H,13,14)(H,15,16)/b2-1-. The molecule has 0 saturated carbocycles. The van der Waals surface area contributed by atoms with E-state index in [1.165, 1.54) is 5.69 Å². The molecule has 0 amide bonds. The van der Waals surface area contributed by atoms with Gasteiger partial charge in [0.2, 0.25) is 0 Å². The predicted molar refractivity (Wildman–Crippen MR) is 60.3 cm³/mol. The van der Waals surface area contributed by atoms with Crippen LogP contribution >= 0.6 is 0 Å². The minimum Gasteiger partial charge on any atom is -0.481 e. The van der Waals surface area contributed by atoms with Crippen LogP contribution in [0, 0.1) is 0 Å². The lowest BCUT2D eigenvalue weighted by Gasteiger charge is -2.02. The zero-order valence-corrected chi connectivity index (χ0v) is 9.20. The first-order valence-corrected chi connectivity index (χ1v) is 5.69. The molecule has 86 valence electrons. The third-order valence-electron chi connectivity index (χ3n) is 2.76. The number of hydrogen-bond acceptors (Lipinski definition) is 2. The van der Waals surface area contributed by atoms with E-state index in [-0.39, 0.29) is 6.42 Å². The fourth-order valence-electron chi connectivity index (χ4n) is 1.95. The molecular weight excluding hydrogens is 204 g/mol. The highest BCUT2D eigenvalue weighted by Gasteiger charge is 2.11. The van der Waals surface area contributed by atoms with Crippen LogP contribution < -0.4 is 0 Å². The first-order valence-electron chi connectivity index (χ1n) is 5.69. The number of aliphatic carboxylic acids is 1. The Morgan fingerprint density at radius 2 is 2.12 bits per heavy atom. The number of rotatable bonds is 3. The number of hydrogen-bond donors (Lipinski definition) is 2. The zero-order valence-electron chi connectivity index (χ0n) is 9.20. The van der Waals surface area contributed by atoms with E-state index in [0.29, 0.717) is 6.42 Å². The Bertz CT molecular complexity index is 380. The molecule has 0 aliphatic heterocycles. The van der Waals surface area contributed by atoms with Gasteiger partial charge < -0.3 is 10.1 Å². The summed E-state index contributed by atoms with van der Waals surface area (Å²) in [6.45, 7) is 0. The average molecular weight is 220 g/mol. The van der Waals surface area contributed by atoms with Crippen molar-refractivity contribution in [3.63, 3.8) is 0 Å². The van der Waals surface area contributed by atoms with Gasteiger partial charge in [-0.2, -0.15) is 0 Å². The fraction of sp³-hybridized carbons (Fsp3) is 0.500. The van der Waals surface area contributed by atoms with Gasteiger partial charge in [-0.15, -0.1) is 0 Å². The van der Waals surface area contributed by atoms with Crippen LogP contribution in [0.2, 0.25) is 0 Å². The zero-order chi connectivity index (χ0) is 11.4. The third kappa shape index (κ3) is 2.72. The Morgan fingerprint density at radius 3 is 2.88 bits per heavy atom. The maximum absolute atomic E-state index is 10.5. The van der Waals surface area contributed by atoms with Gasteiger partial charge in [0.15, 0.2) is 0 Å². The minimum atomic E-state index is -0.773. The lowest BCUT2D eigenvalue weighted by atomic mass is 10.1. The molecule has 1 aromatic rings. The smallest absolute Gasteiger partial charge is 0.303 e. The van der Waals surface area contributed by atoms with Crippen molar-refractivity contribution in [1.82, 2.24) is 9.97 Å². The van der Waals surface area contributed by atoms with Gasteiger partial charge in [-0.05, 0) is 25.7 Å². The number of nitrogens with zero attached hydrogens (tertiary/aromatic N) is 1. The van der Waals surface area contributed by atoms with E-state index in [4.69, 9.17) is 5.11 Å². The number of carbonyl (C=O) groups is 1. The normalized spacial score (nSPS) is 17.2. The van der Waals surface area contributed by atoms with Crippen molar-refractivity contribution < 1.29 is 9.90 Å². The number of fused-ring (bicyclic) bond motifs is 1. The molecule has 0 bridgehead atoms. The third-order valence-corrected chi connectivity index (χ3v) is 2.76. The molecule has 4 nitrogen and oxygen atoms in total. The van der Waals surface area contributed by atoms with Gasteiger partial charge in [0.1, 0.15) is 5.82 Å². The number of aromatic amines is 1. The van der Waals surface area contributed by atoms with Gasteiger partial charge in [-0.3, -0.25) is 4.79 Å². The van der Waals surface area contributed by atoms with Crippen LogP contribution in [0.1, 0.15) is 36.5 Å². The van der Waals surface area contributed by atoms with Gasteiger partial charge in [-0.1, -0.05) is 12.2 Å². The van der Waals surface area contributed by atoms with E-state index in [2.05, 4.69) is 22.1 Å². The van der Waals surface area contributed by atoms with Gasteiger partial charge in [-0.25, -0.2) is 4.98 Å². The van der Waals surface area contributed by atoms with E-state index >= 15 is 0 Å². The maximum atomic E-state index is 10.5. The molecule has 1 aromatic heterocycles. The topological polar surface area (TPSA) is 66.0 Å². The summed E-state index contributed by atoms with van der Waals surface area (Å²) in [6.07, 6.45) is 9.01. The summed E-state index contributed by atoms with van der Waals surface area (Å²) in [5.41, 5.74) is 2.30. The lowest BCUT2D eigenvalue weighted by Crippen LogP contribution is -1.98. The number of allylic oxidation sites excluding steroid dienone is 2. The maximum Gasteiger partial charge on any atom is 0.303 e. The molecule has 4 heteroatoms. The summed E-state index contributed by atoms with van der Waals surface area (Å²) in [5.74, 6) is 0.0415. The summed E-state index contributed by atoms with van der Waals surface area (Å²) < 4.78 is 0. The predicted octanol–water partition coefficient (Wildman–Crippen LogP) is 1.86. The highest BCUT2D eigenvalue weighted by atomic mass is 16.4. The van der Waals surface area contributed by atoms with E-state index < -0.39 is 5.97 Å². The van der Waals surface area contributed by atoms with Crippen LogP contribution in [-0.4, -0.2) is 21.0 Å². The minimum absolute atomic E-state index is 0.143. The second kappa shape index (κ2) is 4.96. The lowest BCUT2D eigenvalue weighted by molar-refractivity contribution is -0.137.